The minimum absolute atomic E-state index is 0.0180. The van der Waals surface area contributed by atoms with E-state index in [2.05, 4.69) is 5.32 Å². The van der Waals surface area contributed by atoms with Crippen LogP contribution < -0.4 is 5.32 Å². The zero-order chi connectivity index (χ0) is 14.6. The zero-order valence-electron chi connectivity index (χ0n) is 10.7. The Labute approximate surface area is 121 Å². The molecular weight excluding hydrogens is 289 g/mol. The molecule has 0 fully saturated rings. The number of rotatable bonds is 5. The lowest BCUT2D eigenvalue weighted by atomic mass is 10.0. The summed E-state index contributed by atoms with van der Waals surface area (Å²) in [6.45, 7) is 3.84. The van der Waals surface area contributed by atoms with Gasteiger partial charge in [-0.3, -0.25) is 4.79 Å². The maximum absolute atomic E-state index is 12.0. The monoisotopic (exact) mass is 303 g/mol. The summed E-state index contributed by atoms with van der Waals surface area (Å²) in [4.78, 5) is 22.8. The largest absolute Gasteiger partial charge is 0.478 e. The van der Waals surface area contributed by atoms with E-state index in [1.807, 2.05) is 13.8 Å². The minimum Gasteiger partial charge on any atom is -0.478 e. The Balaban J connectivity index is 3.02. The van der Waals surface area contributed by atoms with Crippen molar-refractivity contribution < 1.29 is 14.7 Å². The third kappa shape index (κ3) is 3.85. The van der Waals surface area contributed by atoms with Gasteiger partial charge >= 0.3 is 5.97 Å². The molecule has 0 bridgehead atoms. The molecule has 6 heteroatoms. The molecule has 0 aliphatic rings. The highest BCUT2D eigenvalue weighted by molar-refractivity contribution is 6.40. The number of hydrogen-bond donors (Lipinski definition) is 2. The number of hydrogen-bond acceptors (Lipinski definition) is 2. The minimum atomic E-state index is -1.12. The molecule has 0 radical (unpaired) electrons. The lowest BCUT2D eigenvalue weighted by Gasteiger charge is -2.15. The molecule has 0 saturated heterocycles. The SMILES string of the molecule is CCC(CC)C(=O)Nc1c(Cl)cc(C(=O)O)cc1Cl. The molecule has 0 atom stereocenters. The van der Waals surface area contributed by atoms with Crippen molar-refractivity contribution in [2.75, 3.05) is 5.32 Å². The fraction of sp³-hybridized carbons (Fsp3) is 0.385. The molecular formula is C13H15Cl2NO3. The van der Waals surface area contributed by atoms with Crippen LogP contribution >= 0.6 is 23.2 Å². The molecule has 0 spiro atoms. The summed E-state index contributed by atoms with van der Waals surface area (Å²) in [6.07, 6.45) is 1.43. The van der Waals surface area contributed by atoms with Crippen molar-refractivity contribution in [2.45, 2.75) is 26.7 Å². The number of amides is 1. The van der Waals surface area contributed by atoms with E-state index in [0.717, 1.165) is 0 Å². The van der Waals surface area contributed by atoms with Crippen LogP contribution in [0.3, 0.4) is 0 Å². The van der Waals surface area contributed by atoms with Gasteiger partial charge in [0.2, 0.25) is 5.91 Å². The zero-order valence-corrected chi connectivity index (χ0v) is 12.2. The van der Waals surface area contributed by atoms with Gasteiger partial charge in [0.15, 0.2) is 0 Å². The standard InChI is InChI=1S/C13H15Cl2NO3/c1-3-7(4-2)12(17)16-11-9(14)5-8(13(18)19)6-10(11)15/h5-7H,3-4H2,1-2H3,(H,16,17)(H,18,19). The average molecular weight is 304 g/mol. The highest BCUT2D eigenvalue weighted by Gasteiger charge is 2.18. The van der Waals surface area contributed by atoms with Crippen LogP contribution in [-0.2, 0) is 4.79 Å². The number of carbonyl (C=O) groups excluding carboxylic acids is 1. The molecule has 19 heavy (non-hydrogen) atoms. The van der Waals surface area contributed by atoms with Gasteiger partial charge in [0.05, 0.1) is 21.3 Å². The summed E-state index contributed by atoms with van der Waals surface area (Å²) >= 11 is 11.9. The van der Waals surface area contributed by atoms with Crippen LogP contribution in [0.25, 0.3) is 0 Å². The Bertz CT molecular complexity index is 476. The fourth-order valence-electron chi connectivity index (χ4n) is 1.70. The van der Waals surface area contributed by atoms with Gasteiger partial charge in [-0.1, -0.05) is 37.0 Å². The number of carboxylic acids is 1. The number of carbonyl (C=O) groups is 2. The van der Waals surface area contributed by atoms with Crippen LogP contribution in [0.2, 0.25) is 10.0 Å². The number of carboxylic acid groups (broad SMARTS) is 1. The summed E-state index contributed by atoms with van der Waals surface area (Å²) in [7, 11) is 0. The van der Waals surface area contributed by atoms with Gasteiger partial charge in [0.1, 0.15) is 0 Å². The molecule has 104 valence electrons. The number of benzene rings is 1. The van der Waals surface area contributed by atoms with Crippen LogP contribution in [0.4, 0.5) is 5.69 Å². The first-order chi connectivity index (χ1) is 8.90. The number of halogens is 2. The van der Waals surface area contributed by atoms with Crippen molar-refractivity contribution in [3.8, 4) is 0 Å². The molecule has 2 N–H and O–H groups in total. The number of anilines is 1. The predicted molar refractivity (Wildman–Crippen MR) is 76.1 cm³/mol. The average Bonchev–Trinajstić information content (AvgIpc) is 2.34. The molecule has 1 aromatic carbocycles. The maximum Gasteiger partial charge on any atom is 0.335 e. The molecule has 0 aliphatic heterocycles. The third-order valence-electron chi connectivity index (χ3n) is 2.89. The Morgan fingerprint density at radius 1 is 1.21 bits per heavy atom. The number of nitrogens with one attached hydrogen (secondary N) is 1. The van der Waals surface area contributed by atoms with Gasteiger partial charge in [-0.2, -0.15) is 0 Å². The van der Waals surface area contributed by atoms with Crippen LogP contribution in [-0.4, -0.2) is 17.0 Å². The first-order valence-electron chi connectivity index (χ1n) is 5.93. The van der Waals surface area contributed by atoms with E-state index in [0.29, 0.717) is 12.8 Å². The molecule has 1 amide bonds. The van der Waals surface area contributed by atoms with E-state index in [-0.39, 0.29) is 33.1 Å². The second-order valence-corrected chi connectivity index (χ2v) is 4.94. The molecule has 0 heterocycles. The van der Waals surface area contributed by atoms with Crippen molar-refractivity contribution in [1.29, 1.82) is 0 Å². The van der Waals surface area contributed by atoms with Crippen molar-refractivity contribution >= 4 is 40.8 Å². The highest BCUT2D eigenvalue weighted by atomic mass is 35.5. The lowest BCUT2D eigenvalue weighted by molar-refractivity contribution is -0.120. The molecule has 0 unspecified atom stereocenters. The van der Waals surface area contributed by atoms with Gasteiger partial charge in [-0.25, -0.2) is 4.79 Å². The van der Waals surface area contributed by atoms with Crippen LogP contribution in [0.15, 0.2) is 12.1 Å². The lowest BCUT2D eigenvalue weighted by Crippen LogP contribution is -2.22. The fourth-order valence-corrected chi connectivity index (χ4v) is 2.28. The third-order valence-corrected chi connectivity index (χ3v) is 3.49. The van der Waals surface area contributed by atoms with Crippen molar-refractivity contribution in [1.82, 2.24) is 0 Å². The van der Waals surface area contributed by atoms with Gasteiger partial charge in [-0.15, -0.1) is 0 Å². The predicted octanol–water partition coefficient (Wildman–Crippen LogP) is 4.07. The Morgan fingerprint density at radius 3 is 2.05 bits per heavy atom. The van der Waals surface area contributed by atoms with Gasteiger partial charge < -0.3 is 10.4 Å². The summed E-state index contributed by atoms with van der Waals surface area (Å²) in [5.41, 5.74) is 0.237. The van der Waals surface area contributed by atoms with Gasteiger partial charge in [-0.05, 0) is 25.0 Å². The van der Waals surface area contributed by atoms with E-state index in [9.17, 15) is 9.59 Å². The van der Waals surface area contributed by atoms with Crippen molar-refractivity contribution in [3.05, 3.63) is 27.7 Å². The normalized spacial score (nSPS) is 10.6. The van der Waals surface area contributed by atoms with E-state index >= 15 is 0 Å². The van der Waals surface area contributed by atoms with Crippen LogP contribution in [0.1, 0.15) is 37.0 Å². The summed E-state index contributed by atoms with van der Waals surface area (Å²) in [5, 5.41) is 11.7. The topological polar surface area (TPSA) is 66.4 Å². The second kappa shape index (κ2) is 6.78. The molecule has 0 saturated carbocycles. The molecule has 0 aromatic heterocycles. The summed E-state index contributed by atoms with van der Waals surface area (Å²) < 4.78 is 0. The van der Waals surface area contributed by atoms with E-state index < -0.39 is 5.97 Å². The Morgan fingerprint density at radius 2 is 1.68 bits per heavy atom. The van der Waals surface area contributed by atoms with Crippen molar-refractivity contribution in [3.63, 3.8) is 0 Å². The van der Waals surface area contributed by atoms with E-state index in [1.54, 1.807) is 0 Å². The van der Waals surface area contributed by atoms with Crippen molar-refractivity contribution in [2.24, 2.45) is 5.92 Å². The summed E-state index contributed by atoms with van der Waals surface area (Å²) in [5.74, 6) is -1.41. The first kappa shape index (κ1) is 15.8. The maximum atomic E-state index is 12.0. The Hall–Kier alpha value is -1.26. The summed E-state index contributed by atoms with van der Waals surface area (Å²) in [6, 6.07) is 2.52. The Kier molecular flexibility index (Phi) is 5.63. The molecule has 4 nitrogen and oxygen atoms in total. The second-order valence-electron chi connectivity index (χ2n) is 4.12. The van der Waals surface area contributed by atoms with E-state index in [1.165, 1.54) is 12.1 Å². The number of aromatic carboxylic acids is 1. The van der Waals surface area contributed by atoms with Crippen LogP contribution in [0.5, 0.6) is 0 Å². The highest BCUT2D eigenvalue weighted by Crippen LogP contribution is 2.32. The van der Waals surface area contributed by atoms with Gasteiger partial charge in [0.25, 0.3) is 0 Å². The molecule has 0 aliphatic carbocycles. The smallest absolute Gasteiger partial charge is 0.335 e. The van der Waals surface area contributed by atoms with E-state index in [4.69, 9.17) is 28.3 Å². The molecule has 1 aromatic rings. The first-order valence-corrected chi connectivity index (χ1v) is 6.69. The van der Waals surface area contributed by atoms with Crippen LogP contribution in [0, 0.1) is 5.92 Å². The molecule has 1 rings (SSSR count). The quantitative estimate of drug-likeness (QED) is 0.862. The van der Waals surface area contributed by atoms with Gasteiger partial charge in [0, 0.05) is 5.92 Å².